The van der Waals surface area contributed by atoms with Crippen LogP contribution >= 0.6 is 0 Å². The van der Waals surface area contributed by atoms with Crippen molar-refractivity contribution in [1.82, 2.24) is 0 Å². The molecule has 0 radical (unpaired) electrons. The van der Waals surface area contributed by atoms with Crippen LogP contribution < -0.4 is 0 Å². The smallest absolute Gasteiger partial charge is 0.155 e. The molecule has 0 saturated heterocycles. The van der Waals surface area contributed by atoms with Crippen molar-refractivity contribution in [3.63, 3.8) is 0 Å². The molecule has 2 heteroatoms. The van der Waals surface area contributed by atoms with Crippen LogP contribution in [0.1, 0.15) is 97.8 Å². The molecular weight excluding hydrogens is 248 g/mol. The van der Waals surface area contributed by atoms with Crippen LogP contribution in [0.15, 0.2) is 0 Å². The maximum Gasteiger partial charge on any atom is 0.155 e. The standard InChI is InChI=1S/C18H36O2/c1-4-6-7-8-9-10-11-12-13-15-18(14-5-2)20-16-17(3)19/h18H,4-16H2,1-3H3. The Kier molecular flexibility index (Phi) is 14.7. The van der Waals surface area contributed by atoms with Crippen LogP contribution in [0, 0.1) is 0 Å². The first kappa shape index (κ1) is 19.6. The molecule has 0 fully saturated rings. The molecule has 0 bridgehead atoms. The molecule has 0 aromatic rings. The third-order valence-corrected chi connectivity index (χ3v) is 3.76. The maximum absolute atomic E-state index is 11.0. The molecule has 0 aliphatic heterocycles. The van der Waals surface area contributed by atoms with Crippen LogP contribution in [0.25, 0.3) is 0 Å². The van der Waals surface area contributed by atoms with E-state index in [0.717, 1.165) is 19.3 Å². The van der Waals surface area contributed by atoms with Crippen LogP contribution in [-0.4, -0.2) is 18.5 Å². The summed E-state index contributed by atoms with van der Waals surface area (Å²) < 4.78 is 5.67. The van der Waals surface area contributed by atoms with E-state index in [9.17, 15) is 4.79 Å². The predicted molar refractivity (Wildman–Crippen MR) is 87.2 cm³/mol. The summed E-state index contributed by atoms with van der Waals surface area (Å²) >= 11 is 0. The third kappa shape index (κ3) is 14.0. The number of hydrogen-bond donors (Lipinski definition) is 0. The van der Waals surface area contributed by atoms with Crippen molar-refractivity contribution in [2.45, 2.75) is 104 Å². The second-order valence-corrected chi connectivity index (χ2v) is 6.04. The lowest BCUT2D eigenvalue weighted by molar-refractivity contribution is -0.123. The predicted octanol–water partition coefficient (Wildman–Crippen LogP) is 5.68. The zero-order valence-electron chi connectivity index (χ0n) is 14.1. The molecule has 0 saturated carbocycles. The molecule has 2 nitrogen and oxygen atoms in total. The Balaban J connectivity index is 3.41. The van der Waals surface area contributed by atoms with Crippen molar-refractivity contribution in [1.29, 1.82) is 0 Å². The highest BCUT2D eigenvalue weighted by molar-refractivity contribution is 5.76. The van der Waals surface area contributed by atoms with Gasteiger partial charge in [0.1, 0.15) is 6.61 Å². The van der Waals surface area contributed by atoms with Gasteiger partial charge in [-0.05, 0) is 19.8 Å². The lowest BCUT2D eigenvalue weighted by Gasteiger charge is -2.16. The highest BCUT2D eigenvalue weighted by atomic mass is 16.5. The summed E-state index contributed by atoms with van der Waals surface area (Å²) in [6.07, 6.45) is 15.9. The molecule has 0 rings (SSSR count). The largest absolute Gasteiger partial charge is 0.370 e. The van der Waals surface area contributed by atoms with Crippen molar-refractivity contribution in [3.8, 4) is 0 Å². The zero-order chi connectivity index (χ0) is 15.1. The Morgan fingerprint density at radius 1 is 0.800 bits per heavy atom. The molecule has 0 amide bonds. The van der Waals surface area contributed by atoms with Gasteiger partial charge < -0.3 is 4.74 Å². The quantitative estimate of drug-likeness (QED) is 0.361. The Morgan fingerprint density at radius 2 is 1.35 bits per heavy atom. The molecule has 0 heterocycles. The topological polar surface area (TPSA) is 26.3 Å². The van der Waals surface area contributed by atoms with Gasteiger partial charge in [0.25, 0.3) is 0 Å². The maximum atomic E-state index is 11.0. The number of unbranched alkanes of at least 4 members (excludes halogenated alkanes) is 8. The minimum absolute atomic E-state index is 0.137. The van der Waals surface area contributed by atoms with E-state index in [2.05, 4.69) is 13.8 Å². The first-order valence-corrected chi connectivity index (χ1v) is 8.81. The summed E-state index contributed by atoms with van der Waals surface area (Å²) in [6.45, 7) is 6.34. The monoisotopic (exact) mass is 284 g/mol. The lowest BCUT2D eigenvalue weighted by Crippen LogP contribution is -2.17. The Labute approximate surface area is 126 Å². The third-order valence-electron chi connectivity index (χ3n) is 3.76. The first-order chi connectivity index (χ1) is 9.70. The summed E-state index contributed by atoms with van der Waals surface area (Å²) in [7, 11) is 0. The molecule has 20 heavy (non-hydrogen) atoms. The fourth-order valence-corrected chi connectivity index (χ4v) is 2.55. The van der Waals surface area contributed by atoms with Crippen molar-refractivity contribution >= 4 is 5.78 Å². The first-order valence-electron chi connectivity index (χ1n) is 8.81. The molecule has 0 aromatic heterocycles. The highest BCUT2D eigenvalue weighted by Gasteiger charge is 2.08. The van der Waals surface area contributed by atoms with Gasteiger partial charge in [-0.15, -0.1) is 0 Å². The van der Waals surface area contributed by atoms with Crippen LogP contribution in [-0.2, 0) is 9.53 Å². The fraction of sp³-hybridized carbons (Fsp3) is 0.944. The number of carbonyl (C=O) groups excluding carboxylic acids is 1. The molecule has 0 aromatic carbocycles. The van der Waals surface area contributed by atoms with E-state index >= 15 is 0 Å². The van der Waals surface area contributed by atoms with Gasteiger partial charge in [-0.25, -0.2) is 0 Å². The average Bonchev–Trinajstić information content (AvgIpc) is 2.42. The van der Waals surface area contributed by atoms with Gasteiger partial charge in [-0.1, -0.05) is 78.1 Å². The molecule has 1 unspecified atom stereocenters. The summed E-state index contributed by atoms with van der Waals surface area (Å²) in [5, 5.41) is 0. The Hall–Kier alpha value is -0.370. The summed E-state index contributed by atoms with van der Waals surface area (Å²) in [5.41, 5.74) is 0. The van der Waals surface area contributed by atoms with E-state index in [4.69, 9.17) is 4.74 Å². The van der Waals surface area contributed by atoms with Crippen molar-refractivity contribution in [3.05, 3.63) is 0 Å². The highest BCUT2D eigenvalue weighted by Crippen LogP contribution is 2.14. The normalized spacial score (nSPS) is 12.6. The van der Waals surface area contributed by atoms with Crippen molar-refractivity contribution < 1.29 is 9.53 Å². The van der Waals surface area contributed by atoms with Gasteiger partial charge in [0.2, 0.25) is 0 Å². The summed E-state index contributed by atoms with van der Waals surface area (Å²) in [4.78, 5) is 11.0. The average molecular weight is 284 g/mol. The summed E-state index contributed by atoms with van der Waals surface area (Å²) in [5.74, 6) is 0.137. The van der Waals surface area contributed by atoms with Crippen molar-refractivity contribution in [2.75, 3.05) is 6.61 Å². The van der Waals surface area contributed by atoms with Gasteiger partial charge in [-0.3, -0.25) is 4.79 Å². The van der Waals surface area contributed by atoms with Gasteiger partial charge >= 0.3 is 0 Å². The van der Waals surface area contributed by atoms with Gasteiger partial charge in [-0.2, -0.15) is 0 Å². The van der Waals surface area contributed by atoms with Gasteiger partial charge in [0, 0.05) is 0 Å². The molecule has 1 atom stereocenters. The number of hydrogen-bond acceptors (Lipinski definition) is 2. The van der Waals surface area contributed by atoms with Crippen molar-refractivity contribution in [2.24, 2.45) is 0 Å². The number of ether oxygens (including phenoxy) is 1. The number of ketones is 1. The lowest BCUT2D eigenvalue weighted by atomic mass is 10.0. The summed E-state index contributed by atoms with van der Waals surface area (Å²) in [6, 6.07) is 0. The van der Waals surface area contributed by atoms with Crippen LogP contribution in [0.2, 0.25) is 0 Å². The number of rotatable bonds is 15. The molecule has 0 aliphatic rings. The zero-order valence-corrected chi connectivity index (χ0v) is 14.1. The Bertz CT molecular complexity index is 213. The SMILES string of the molecule is CCCCCCCCCCCC(CCC)OCC(C)=O. The van der Waals surface area contributed by atoms with E-state index in [1.807, 2.05) is 0 Å². The van der Waals surface area contributed by atoms with E-state index in [-0.39, 0.29) is 5.78 Å². The van der Waals surface area contributed by atoms with Gasteiger partial charge in [0.05, 0.1) is 6.10 Å². The van der Waals surface area contributed by atoms with Crippen LogP contribution in [0.3, 0.4) is 0 Å². The van der Waals surface area contributed by atoms with E-state index < -0.39 is 0 Å². The molecule has 0 N–H and O–H groups in total. The second-order valence-electron chi connectivity index (χ2n) is 6.04. The van der Waals surface area contributed by atoms with E-state index in [1.54, 1.807) is 6.92 Å². The minimum atomic E-state index is 0.137. The minimum Gasteiger partial charge on any atom is -0.370 e. The van der Waals surface area contributed by atoms with E-state index in [1.165, 1.54) is 57.8 Å². The van der Waals surface area contributed by atoms with Crippen LogP contribution in [0.5, 0.6) is 0 Å². The number of Topliss-reactive ketones (excluding diaryl/α,β-unsaturated/α-hetero) is 1. The van der Waals surface area contributed by atoms with Crippen LogP contribution in [0.4, 0.5) is 0 Å². The molecule has 120 valence electrons. The number of carbonyl (C=O) groups is 1. The molecule has 0 spiro atoms. The molecular formula is C18H36O2. The second kappa shape index (κ2) is 15.0. The van der Waals surface area contributed by atoms with E-state index in [0.29, 0.717) is 12.7 Å². The Morgan fingerprint density at radius 3 is 1.85 bits per heavy atom. The fourth-order valence-electron chi connectivity index (χ4n) is 2.55. The molecule has 0 aliphatic carbocycles. The van der Waals surface area contributed by atoms with Gasteiger partial charge in [0.15, 0.2) is 5.78 Å².